The molecule has 4 nitrogen and oxygen atoms in total. The monoisotopic (exact) mass is 261 g/mol. The smallest absolute Gasteiger partial charge is 0.337 e. The maximum absolute atomic E-state index is 11.3. The molecule has 2 N–H and O–H groups in total. The fraction of sp³-hybridized carbons (Fsp3) is 0.200. The quantitative estimate of drug-likeness (QED) is 0.823. The third-order valence-corrected chi connectivity index (χ3v) is 2.35. The molecule has 0 saturated carbocycles. The summed E-state index contributed by atoms with van der Waals surface area (Å²) in [6.07, 6.45) is 0. The van der Waals surface area contributed by atoms with Gasteiger partial charge in [-0.3, -0.25) is 4.79 Å². The van der Waals surface area contributed by atoms with Crippen LogP contribution in [0.5, 0.6) is 0 Å². The maximum Gasteiger partial charge on any atom is 0.337 e. The highest BCUT2D eigenvalue weighted by atomic mass is 35.5. The van der Waals surface area contributed by atoms with Crippen LogP contribution in [0.4, 0.5) is 5.69 Å². The molecular formula is C10H9Cl2NO3. The molecule has 0 aromatic heterocycles. The zero-order valence-electron chi connectivity index (χ0n) is 8.33. The number of aromatic carboxylic acids is 1. The number of nitrogens with one attached hydrogen (secondary N) is 1. The number of rotatable bonds is 3. The number of anilines is 1. The van der Waals surface area contributed by atoms with E-state index in [4.69, 9.17) is 28.3 Å². The van der Waals surface area contributed by atoms with E-state index >= 15 is 0 Å². The molecule has 0 bridgehead atoms. The van der Waals surface area contributed by atoms with E-state index in [9.17, 15) is 9.59 Å². The molecule has 0 aliphatic rings. The first kappa shape index (κ1) is 12.8. The summed E-state index contributed by atoms with van der Waals surface area (Å²) in [5, 5.41) is 10.7. The fourth-order valence-electron chi connectivity index (χ4n) is 1.01. The summed E-state index contributed by atoms with van der Waals surface area (Å²) < 4.78 is 0. The minimum Gasteiger partial charge on any atom is -0.478 e. The number of benzene rings is 1. The zero-order valence-corrected chi connectivity index (χ0v) is 9.84. The van der Waals surface area contributed by atoms with E-state index in [0.29, 0.717) is 5.69 Å². The Kier molecular flexibility index (Phi) is 4.15. The molecular weight excluding hydrogens is 253 g/mol. The van der Waals surface area contributed by atoms with E-state index < -0.39 is 17.3 Å². The molecule has 0 aliphatic heterocycles. The Hall–Kier alpha value is -1.26. The number of halogens is 2. The van der Waals surface area contributed by atoms with Crippen molar-refractivity contribution in [3.05, 3.63) is 28.8 Å². The minimum absolute atomic E-state index is 0.0679. The van der Waals surface area contributed by atoms with Crippen LogP contribution in [0.25, 0.3) is 0 Å². The summed E-state index contributed by atoms with van der Waals surface area (Å²) in [6, 6.07) is 4.19. The number of hydrogen-bond acceptors (Lipinski definition) is 2. The molecule has 0 heterocycles. The van der Waals surface area contributed by atoms with Crippen LogP contribution in [0, 0.1) is 0 Å². The maximum atomic E-state index is 11.3. The summed E-state index contributed by atoms with van der Waals surface area (Å²) in [6.45, 7) is 1.52. The van der Waals surface area contributed by atoms with Gasteiger partial charge in [-0.1, -0.05) is 11.6 Å². The molecule has 1 aromatic carbocycles. The number of carboxylic acid groups (broad SMARTS) is 1. The van der Waals surface area contributed by atoms with Gasteiger partial charge in [-0.25, -0.2) is 4.79 Å². The Morgan fingerprint density at radius 2 is 2.06 bits per heavy atom. The van der Waals surface area contributed by atoms with Gasteiger partial charge in [0.1, 0.15) is 5.38 Å². The van der Waals surface area contributed by atoms with Crippen molar-refractivity contribution in [1.82, 2.24) is 0 Å². The van der Waals surface area contributed by atoms with E-state index in [1.54, 1.807) is 0 Å². The molecule has 16 heavy (non-hydrogen) atoms. The van der Waals surface area contributed by atoms with E-state index in [1.807, 2.05) is 0 Å². The molecule has 1 atom stereocenters. The first-order valence-corrected chi connectivity index (χ1v) is 5.21. The highest BCUT2D eigenvalue weighted by Gasteiger charge is 2.13. The van der Waals surface area contributed by atoms with Crippen molar-refractivity contribution in [1.29, 1.82) is 0 Å². The lowest BCUT2D eigenvalue weighted by atomic mass is 10.2. The number of carboxylic acids is 1. The average molecular weight is 262 g/mol. The third kappa shape index (κ3) is 3.12. The van der Waals surface area contributed by atoms with Gasteiger partial charge in [-0.05, 0) is 25.1 Å². The second-order valence-corrected chi connectivity index (χ2v) is 4.17. The van der Waals surface area contributed by atoms with Crippen molar-refractivity contribution < 1.29 is 14.7 Å². The highest BCUT2D eigenvalue weighted by Crippen LogP contribution is 2.20. The topological polar surface area (TPSA) is 66.4 Å². The molecule has 0 aliphatic carbocycles. The van der Waals surface area contributed by atoms with Crippen molar-refractivity contribution in [3.8, 4) is 0 Å². The third-order valence-electron chi connectivity index (χ3n) is 1.83. The predicted molar refractivity (Wildman–Crippen MR) is 62.4 cm³/mol. The van der Waals surface area contributed by atoms with E-state index in [2.05, 4.69) is 5.32 Å². The predicted octanol–water partition coefficient (Wildman–Crippen LogP) is 2.60. The number of alkyl halides is 1. The van der Waals surface area contributed by atoms with Crippen molar-refractivity contribution in [2.75, 3.05) is 5.32 Å². The SMILES string of the molecule is CC(Cl)C(=O)Nc1ccc(Cl)c(C(=O)O)c1. The van der Waals surface area contributed by atoms with Crippen LogP contribution in [0.3, 0.4) is 0 Å². The lowest BCUT2D eigenvalue weighted by Crippen LogP contribution is -2.20. The molecule has 0 spiro atoms. The van der Waals surface area contributed by atoms with Gasteiger partial charge in [0.2, 0.25) is 5.91 Å². The number of carbonyl (C=O) groups is 2. The molecule has 1 rings (SSSR count). The largest absolute Gasteiger partial charge is 0.478 e. The normalized spacial score (nSPS) is 11.9. The van der Waals surface area contributed by atoms with Crippen molar-refractivity contribution in [3.63, 3.8) is 0 Å². The van der Waals surface area contributed by atoms with Crippen LogP contribution in [0.15, 0.2) is 18.2 Å². The molecule has 6 heteroatoms. The summed E-state index contributed by atoms with van der Waals surface area (Å²) in [4.78, 5) is 22.0. The Bertz CT molecular complexity index is 432. The zero-order chi connectivity index (χ0) is 12.3. The Labute approximate surface area is 102 Å². The van der Waals surface area contributed by atoms with Crippen LogP contribution in [0.1, 0.15) is 17.3 Å². The lowest BCUT2D eigenvalue weighted by molar-refractivity contribution is -0.115. The minimum atomic E-state index is -1.15. The lowest BCUT2D eigenvalue weighted by Gasteiger charge is -2.07. The standard InChI is InChI=1S/C10H9Cl2NO3/c1-5(11)9(14)13-6-2-3-8(12)7(4-6)10(15)16/h2-5H,1H3,(H,13,14)(H,15,16). The molecule has 86 valence electrons. The van der Waals surface area contributed by atoms with Gasteiger partial charge in [0.25, 0.3) is 0 Å². The van der Waals surface area contributed by atoms with Crippen molar-refractivity contribution in [2.45, 2.75) is 12.3 Å². The number of carbonyl (C=O) groups excluding carboxylic acids is 1. The molecule has 1 aromatic rings. The molecule has 1 unspecified atom stereocenters. The van der Waals surface area contributed by atoms with Crippen LogP contribution in [0.2, 0.25) is 5.02 Å². The number of amides is 1. The van der Waals surface area contributed by atoms with Crippen LogP contribution in [-0.4, -0.2) is 22.4 Å². The molecule has 1 amide bonds. The molecule has 0 radical (unpaired) electrons. The van der Waals surface area contributed by atoms with Crippen molar-refractivity contribution >= 4 is 40.8 Å². The van der Waals surface area contributed by atoms with Gasteiger partial charge in [-0.15, -0.1) is 11.6 Å². The van der Waals surface area contributed by atoms with Crippen LogP contribution < -0.4 is 5.32 Å². The van der Waals surface area contributed by atoms with Gasteiger partial charge < -0.3 is 10.4 Å². The summed E-state index contributed by atoms with van der Waals surface area (Å²) in [7, 11) is 0. The van der Waals surface area contributed by atoms with E-state index in [0.717, 1.165) is 0 Å². The van der Waals surface area contributed by atoms with Crippen LogP contribution in [-0.2, 0) is 4.79 Å². The van der Waals surface area contributed by atoms with Crippen LogP contribution >= 0.6 is 23.2 Å². The summed E-state index contributed by atoms with van der Waals surface area (Å²) in [5.41, 5.74) is 0.279. The van der Waals surface area contributed by atoms with Gasteiger partial charge in [0.15, 0.2) is 0 Å². The molecule has 0 saturated heterocycles. The average Bonchev–Trinajstić information content (AvgIpc) is 2.20. The summed E-state index contributed by atoms with van der Waals surface area (Å²) in [5.74, 6) is -1.56. The Morgan fingerprint density at radius 1 is 1.44 bits per heavy atom. The van der Waals surface area contributed by atoms with E-state index in [-0.39, 0.29) is 10.6 Å². The second-order valence-electron chi connectivity index (χ2n) is 3.11. The van der Waals surface area contributed by atoms with Gasteiger partial charge in [-0.2, -0.15) is 0 Å². The Morgan fingerprint density at radius 3 is 2.56 bits per heavy atom. The summed E-state index contributed by atoms with van der Waals surface area (Å²) >= 11 is 11.2. The highest BCUT2D eigenvalue weighted by molar-refractivity contribution is 6.34. The van der Waals surface area contributed by atoms with E-state index in [1.165, 1.54) is 25.1 Å². The first-order valence-electron chi connectivity index (χ1n) is 4.39. The van der Waals surface area contributed by atoms with Crippen molar-refractivity contribution in [2.24, 2.45) is 0 Å². The molecule has 0 fully saturated rings. The van der Waals surface area contributed by atoms with Gasteiger partial charge >= 0.3 is 5.97 Å². The Balaban J connectivity index is 2.95. The van der Waals surface area contributed by atoms with Gasteiger partial charge in [0.05, 0.1) is 10.6 Å². The fourth-order valence-corrected chi connectivity index (χ4v) is 1.26. The first-order chi connectivity index (χ1) is 7.41. The van der Waals surface area contributed by atoms with Gasteiger partial charge in [0, 0.05) is 5.69 Å². The second kappa shape index (κ2) is 5.18. The number of hydrogen-bond donors (Lipinski definition) is 2.